The molecule has 2 heterocycles. The number of rotatable bonds is 4. The van der Waals surface area contributed by atoms with E-state index < -0.39 is 18.0 Å². The van der Waals surface area contributed by atoms with E-state index >= 15 is 0 Å². The molecule has 152 valence electrons. The SMILES string of the molecule is C[C@@H](OC(=O)c1c2c(nc3ccccc13)CCCCC2)C(=O)Nc1sccc1C#N. The van der Waals surface area contributed by atoms with Crippen LogP contribution in [-0.2, 0) is 22.4 Å². The van der Waals surface area contributed by atoms with Crippen LogP contribution in [0, 0.1) is 11.3 Å². The van der Waals surface area contributed by atoms with Crippen molar-refractivity contribution in [3.8, 4) is 6.07 Å². The normalized spacial score (nSPS) is 14.3. The number of para-hydroxylation sites is 1. The maximum absolute atomic E-state index is 13.2. The predicted molar refractivity (Wildman–Crippen MR) is 116 cm³/mol. The fourth-order valence-corrected chi connectivity index (χ4v) is 4.50. The molecule has 0 aliphatic heterocycles. The van der Waals surface area contributed by atoms with Crippen molar-refractivity contribution >= 4 is 39.1 Å². The molecule has 30 heavy (non-hydrogen) atoms. The van der Waals surface area contributed by atoms with Crippen LogP contribution in [0.25, 0.3) is 10.9 Å². The van der Waals surface area contributed by atoms with E-state index in [-0.39, 0.29) is 0 Å². The van der Waals surface area contributed by atoms with Gasteiger partial charge < -0.3 is 10.1 Å². The third-order valence-corrected chi connectivity index (χ3v) is 6.13. The highest BCUT2D eigenvalue weighted by Gasteiger charge is 2.26. The van der Waals surface area contributed by atoms with Crippen molar-refractivity contribution in [2.24, 2.45) is 0 Å². The number of pyridine rings is 1. The largest absolute Gasteiger partial charge is 0.449 e. The summed E-state index contributed by atoms with van der Waals surface area (Å²) in [6.45, 7) is 1.54. The topological polar surface area (TPSA) is 92.1 Å². The van der Waals surface area contributed by atoms with E-state index in [0.29, 0.717) is 16.1 Å². The van der Waals surface area contributed by atoms with Crippen molar-refractivity contribution in [1.29, 1.82) is 5.26 Å². The molecule has 0 saturated heterocycles. The van der Waals surface area contributed by atoms with Crippen LogP contribution in [0.3, 0.4) is 0 Å². The lowest BCUT2D eigenvalue weighted by atomic mass is 9.97. The van der Waals surface area contributed by atoms with Crippen LogP contribution in [-0.4, -0.2) is 23.0 Å². The Morgan fingerprint density at radius 2 is 2.00 bits per heavy atom. The van der Waals surface area contributed by atoms with Crippen LogP contribution in [0.15, 0.2) is 35.7 Å². The number of benzene rings is 1. The second-order valence-corrected chi connectivity index (χ2v) is 8.22. The first-order valence-electron chi connectivity index (χ1n) is 9.98. The Morgan fingerprint density at radius 3 is 2.83 bits per heavy atom. The number of amides is 1. The molecule has 3 aromatic rings. The first kappa shape index (κ1) is 20.0. The van der Waals surface area contributed by atoms with Gasteiger partial charge >= 0.3 is 5.97 Å². The molecule has 0 bridgehead atoms. The number of anilines is 1. The van der Waals surface area contributed by atoms with Gasteiger partial charge in [-0.2, -0.15) is 5.26 Å². The van der Waals surface area contributed by atoms with Gasteiger partial charge in [-0.3, -0.25) is 9.78 Å². The van der Waals surface area contributed by atoms with Gasteiger partial charge in [0.2, 0.25) is 0 Å². The summed E-state index contributed by atoms with van der Waals surface area (Å²) in [5.74, 6) is -0.979. The molecule has 6 nitrogen and oxygen atoms in total. The fourth-order valence-electron chi connectivity index (χ4n) is 3.76. The van der Waals surface area contributed by atoms with Gasteiger partial charge in [0.05, 0.1) is 16.6 Å². The second kappa shape index (κ2) is 8.64. The average Bonchev–Trinajstić information content (AvgIpc) is 3.06. The molecule has 1 amide bonds. The summed E-state index contributed by atoms with van der Waals surface area (Å²) in [7, 11) is 0. The monoisotopic (exact) mass is 419 g/mol. The number of carbonyl (C=O) groups is 2. The van der Waals surface area contributed by atoms with Crippen molar-refractivity contribution in [1.82, 2.24) is 4.98 Å². The molecule has 0 spiro atoms. The molecule has 0 saturated carbocycles. The van der Waals surface area contributed by atoms with E-state index in [4.69, 9.17) is 15.0 Å². The van der Waals surface area contributed by atoms with Crippen LogP contribution >= 0.6 is 11.3 Å². The first-order chi connectivity index (χ1) is 14.6. The van der Waals surface area contributed by atoms with E-state index in [1.807, 2.05) is 30.3 Å². The van der Waals surface area contributed by atoms with Crippen LogP contribution in [0.2, 0.25) is 0 Å². The molecule has 0 unspecified atom stereocenters. The highest BCUT2D eigenvalue weighted by molar-refractivity contribution is 7.14. The lowest BCUT2D eigenvalue weighted by molar-refractivity contribution is -0.123. The Labute approximate surface area is 178 Å². The Kier molecular flexibility index (Phi) is 5.77. The van der Waals surface area contributed by atoms with Crippen molar-refractivity contribution in [3.63, 3.8) is 0 Å². The molecule has 1 aliphatic rings. The molecular weight excluding hydrogens is 398 g/mol. The fraction of sp³-hybridized carbons (Fsp3) is 0.304. The summed E-state index contributed by atoms with van der Waals surface area (Å²) in [6.07, 6.45) is 3.76. The number of nitrogens with one attached hydrogen (secondary N) is 1. The van der Waals surface area contributed by atoms with Gasteiger partial charge in [-0.1, -0.05) is 24.6 Å². The number of hydrogen-bond acceptors (Lipinski definition) is 6. The molecule has 7 heteroatoms. The number of esters is 1. The minimum atomic E-state index is -1.00. The molecule has 1 aromatic carbocycles. The standard InChI is InChI=1S/C23H21N3O3S/c1-14(21(27)26-22-15(13-24)11-12-30-22)29-23(28)20-16-7-3-2-4-9-18(16)25-19-10-6-5-8-17(19)20/h5-6,8,10-12,14H,2-4,7,9H2,1H3,(H,26,27)/t14-/m1/s1. The number of nitriles is 1. The van der Waals surface area contributed by atoms with Gasteiger partial charge in [-0.05, 0) is 55.7 Å². The van der Waals surface area contributed by atoms with Crippen molar-refractivity contribution in [2.75, 3.05) is 5.32 Å². The number of thiophene rings is 1. The zero-order valence-corrected chi connectivity index (χ0v) is 17.4. The zero-order chi connectivity index (χ0) is 21.1. The van der Waals surface area contributed by atoms with Gasteiger partial charge in [-0.15, -0.1) is 11.3 Å². The highest BCUT2D eigenvalue weighted by atomic mass is 32.1. The predicted octanol–water partition coefficient (Wildman–Crippen LogP) is 4.62. The van der Waals surface area contributed by atoms with Crippen LogP contribution in [0.5, 0.6) is 0 Å². The van der Waals surface area contributed by atoms with Gasteiger partial charge in [0.15, 0.2) is 6.10 Å². The first-order valence-corrected chi connectivity index (χ1v) is 10.9. The molecule has 2 aromatic heterocycles. The number of aromatic nitrogens is 1. The van der Waals surface area contributed by atoms with E-state index in [1.165, 1.54) is 18.3 Å². The minimum absolute atomic E-state index is 0.386. The Hall–Kier alpha value is -3.24. The molecule has 4 rings (SSSR count). The number of nitrogens with zero attached hydrogens (tertiary/aromatic N) is 2. The smallest absolute Gasteiger partial charge is 0.339 e. The Bertz CT molecular complexity index is 1160. The van der Waals surface area contributed by atoms with Crippen LogP contribution < -0.4 is 5.32 Å². The third-order valence-electron chi connectivity index (χ3n) is 5.30. The quantitative estimate of drug-likeness (QED) is 0.492. The number of fused-ring (bicyclic) bond motifs is 2. The molecule has 1 aliphatic carbocycles. The Morgan fingerprint density at radius 1 is 1.20 bits per heavy atom. The van der Waals surface area contributed by atoms with Crippen LogP contribution in [0.1, 0.15) is 53.4 Å². The van der Waals surface area contributed by atoms with Crippen LogP contribution in [0.4, 0.5) is 5.00 Å². The van der Waals surface area contributed by atoms with E-state index in [1.54, 1.807) is 11.4 Å². The molecule has 1 N–H and O–H groups in total. The lowest BCUT2D eigenvalue weighted by Gasteiger charge is -2.17. The number of aryl methyl sites for hydroxylation is 1. The molecule has 0 radical (unpaired) electrons. The third kappa shape index (κ3) is 3.91. The van der Waals surface area contributed by atoms with Crippen molar-refractivity contribution in [3.05, 3.63) is 58.1 Å². The zero-order valence-electron chi connectivity index (χ0n) is 16.6. The molecular formula is C23H21N3O3S. The second-order valence-electron chi connectivity index (χ2n) is 7.30. The summed E-state index contributed by atoms with van der Waals surface area (Å²) < 4.78 is 5.58. The maximum Gasteiger partial charge on any atom is 0.339 e. The van der Waals surface area contributed by atoms with Gasteiger partial charge in [0.25, 0.3) is 5.91 Å². The summed E-state index contributed by atoms with van der Waals surface area (Å²) in [5, 5.41) is 14.7. The number of hydrogen-bond donors (Lipinski definition) is 1. The van der Waals surface area contributed by atoms with E-state index in [2.05, 4.69) is 5.32 Å². The van der Waals surface area contributed by atoms with Gasteiger partial charge in [0.1, 0.15) is 11.1 Å². The maximum atomic E-state index is 13.2. The summed E-state index contributed by atoms with van der Waals surface area (Å²) in [4.78, 5) is 30.5. The van der Waals surface area contributed by atoms with E-state index in [0.717, 1.165) is 54.3 Å². The minimum Gasteiger partial charge on any atom is -0.449 e. The number of ether oxygens (including phenoxy) is 1. The lowest BCUT2D eigenvalue weighted by Crippen LogP contribution is -2.30. The summed E-state index contributed by atoms with van der Waals surface area (Å²) in [5.41, 5.74) is 3.56. The van der Waals surface area contributed by atoms with Crippen molar-refractivity contribution < 1.29 is 14.3 Å². The molecule has 1 atom stereocenters. The molecule has 0 fully saturated rings. The highest BCUT2D eigenvalue weighted by Crippen LogP contribution is 2.30. The van der Waals surface area contributed by atoms with Gasteiger partial charge in [0, 0.05) is 11.1 Å². The van der Waals surface area contributed by atoms with E-state index in [9.17, 15) is 9.59 Å². The average molecular weight is 420 g/mol. The Balaban J connectivity index is 1.62. The van der Waals surface area contributed by atoms with Crippen molar-refractivity contribution in [2.45, 2.75) is 45.1 Å². The summed E-state index contributed by atoms with van der Waals surface area (Å²) in [6, 6.07) is 11.2. The van der Waals surface area contributed by atoms with Gasteiger partial charge in [-0.25, -0.2) is 4.79 Å². The number of carbonyl (C=O) groups excluding carboxylic acids is 2. The summed E-state index contributed by atoms with van der Waals surface area (Å²) >= 11 is 1.25.